The fraction of sp³-hybridized carbons (Fsp3) is 0.388. The van der Waals surface area contributed by atoms with Crippen molar-refractivity contribution in [3.63, 3.8) is 0 Å². The zero-order valence-electron chi connectivity index (χ0n) is 47.8. The zero-order valence-corrected chi connectivity index (χ0v) is 47.8. The average molecular weight is 1050 g/mol. The van der Waals surface area contributed by atoms with E-state index in [2.05, 4.69) is 186 Å². The van der Waals surface area contributed by atoms with Crippen molar-refractivity contribution in [2.24, 2.45) is 0 Å². The predicted molar refractivity (Wildman–Crippen MR) is 321 cm³/mol. The molecule has 5 amide bonds. The molecule has 9 rings (SSSR count). The van der Waals surface area contributed by atoms with Crippen LogP contribution in [0.3, 0.4) is 0 Å². The number of benzene rings is 6. The molecule has 3 aliphatic rings. The Morgan fingerprint density at radius 3 is 1.27 bits per heavy atom. The molecule has 0 saturated carbocycles. The average Bonchev–Trinajstić information content (AvgIpc) is 3.40. The number of nitrogens with zero attached hydrogens (tertiary/aromatic N) is 1. The molecule has 5 N–H and O–H groups in total. The van der Waals surface area contributed by atoms with E-state index in [-0.39, 0.29) is 45.8 Å². The summed E-state index contributed by atoms with van der Waals surface area (Å²) in [4.78, 5) is 62.0. The van der Waals surface area contributed by atoms with Gasteiger partial charge in [0.2, 0.25) is 29.5 Å². The Balaban J connectivity index is 0.000000170. The van der Waals surface area contributed by atoms with E-state index in [0.29, 0.717) is 44.9 Å². The van der Waals surface area contributed by atoms with Crippen molar-refractivity contribution in [2.45, 2.75) is 156 Å². The monoisotopic (exact) mass is 1050 g/mol. The Hall–Kier alpha value is -7.53. The van der Waals surface area contributed by atoms with Crippen molar-refractivity contribution in [2.75, 3.05) is 45.1 Å². The van der Waals surface area contributed by atoms with E-state index in [0.717, 1.165) is 77.4 Å². The molecule has 11 nitrogen and oxygen atoms in total. The second kappa shape index (κ2) is 25.7. The summed E-state index contributed by atoms with van der Waals surface area (Å²) in [7, 11) is 2.12. The summed E-state index contributed by atoms with van der Waals surface area (Å²) >= 11 is 0. The second-order valence-electron chi connectivity index (χ2n) is 24.2. The number of hydrogen-bond acceptors (Lipinski definition) is 6. The van der Waals surface area contributed by atoms with Crippen molar-refractivity contribution >= 4 is 63.7 Å². The Morgan fingerprint density at radius 1 is 0.436 bits per heavy atom. The van der Waals surface area contributed by atoms with Gasteiger partial charge in [0.1, 0.15) is 0 Å². The molecule has 0 spiro atoms. The minimum atomic E-state index is -0.0213. The largest absolute Gasteiger partial charge is 0.374 e. The maximum atomic E-state index is 12.3. The number of fused-ring (bicyclic) bond motifs is 3. The van der Waals surface area contributed by atoms with Crippen LogP contribution in [0.1, 0.15) is 151 Å². The SMILES string of the molecule is CC(C)(C)c1ccc(CCC(=O)Nc2ccc3c(c2)CCC(=O)N3)cc1.CC(C)(C)c1ccc(CCC(=O)Nc2ccc3c(c2)NC(=O)CC3)cc1.CN1CCCc2ccc(NC(=O)CCc3ccc(C(C)(C)C)cc3)cc21. The summed E-state index contributed by atoms with van der Waals surface area (Å²) in [5.41, 5.74) is 16.7. The van der Waals surface area contributed by atoms with Crippen LogP contribution in [0.4, 0.5) is 34.1 Å². The summed E-state index contributed by atoms with van der Waals surface area (Å²) in [6.45, 7) is 20.9. The maximum Gasteiger partial charge on any atom is 0.224 e. The van der Waals surface area contributed by atoms with Crippen LogP contribution in [0.2, 0.25) is 0 Å². The van der Waals surface area contributed by atoms with Crippen LogP contribution in [0.5, 0.6) is 0 Å². The summed E-state index contributed by atoms with van der Waals surface area (Å²) in [5.74, 6) is 0.131. The first-order valence-electron chi connectivity index (χ1n) is 27.8. The molecule has 3 aliphatic heterocycles. The van der Waals surface area contributed by atoms with E-state index in [4.69, 9.17) is 0 Å². The van der Waals surface area contributed by atoms with Crippen LogP contribution in [0.15, 0.2) is 127 Å². The predicted octanol–water partition coefficient (Wildman–Crippen LogP) is 13.8. The molecular formula is C67H82N6O5. The Morgan fingerprint density at radius 2 is 0.821 bits per heavy atom. The molecule has 0 aromatic heterocycles. The molecule has 0 saturated heterocycles. The highest BCUT2D eigenvalue weighted by Gasteiger charge is 2.20. The van der Waals surface area contributed by atoms with Gasteiger partial charge in [0.25, 0.3) is 0 Å². The number of anilines is 6. The Labute approximate surface area is 463 Å². The van der Waals surface area contributed by atoms with Crippen LogP contribution in [0.25, 0.3) is 0 Å². The minimum Gasteiger partial charge on any atom is -0.374 e. The number of rotatable bonds is 12. The van der Waals surface area contributed by atoms with E-state index in [1.54, 1.807) is 0 Å². The van der Waals surface area contributed by atoms with Gasteiger partial charge in [0.15, 0.2) is 0 Å². The van der Waals surface area contributed by atoms with Crippen molar-refractivity contribution < 1.29 is 24.0 Å². The molecular weight excluding hydrogens is 969 g/mol. The maximum absolute atomic E-state index is 12.3. The minimum absolute atomic E-state index is 0.00435. The fourth-order valence-corrected chi connectivity index (χ4v) is 9.70. The molecule has 3 heterocycles. The molecule has 0 atom stereocenters. The van der Waals surface area contributed by atoms with Crippen LogP contribution in [-0.4, -0.2) is 43.1 Å². The number of aryl methyl sites for hydroxylation is 6. The van der Waals surface area contributed by atoms with Gasteiger partial charge in [-0.1, -0.05) is 147 Å². The molecule has 0 fully saturated rings. The summed E-state index contributed by atoms with van der Waals surface area (Å²) in [6.07, 6.45) is 8.37. The first-order chi connectivity index (χ1) is 36.9. The van der Waals surface area contributed by atoms with E-state index in [1.165, 1.54) is 45.5 Å². The van der Waals surface area contributed by atoms with Gasteiger partial charge < -0.3 is 31.5 Å². The molecule has 0 aliphatic carbocycles. The van der Waals surface area contributed by atoms with Gasteiger partial charge >= 0.3 is 0 Å². The lowest BCUT2D eigenvalue weighted by Gasteiger charge is -2.28. The van der Waals surface area contributed by atoms with Crippen molar-refractivity contribution in [1.82, 2.24) is 0 Å². The van der Waals surface area contributed by atoms with Gasteiger partial charge in [0, 0.05) is 79.8 Å². The van der Waals surface area contributed by atoms with E-state index in [1.807, 2.05) is 42.5 Å². The van der Waals surface area contributed by atoms with Crippen molar-refractivity contribution in [3.05, 3.63) is 177 Å². The zero-order chi connectivity index (χ0) is 56.2. The number of carbonyl (C=O) groups is 5. The highest BCUT2D eigenvalue weighted by atomic mass is 16.2. The molecule has 78 heavy (non-hydrogen) atoms. The smallest absolute Gasteiger partial charge is 0.224 e. The highest BCUT2D eigenvalue weighted by Crippen LogP contribution is 2.31. The second-order valence-corrected chi connectivity index (χ2v) is 24.2. The van der Waals surface area contributed by atoms with Gasteiger partial charge in [-0.05, 0) is 154 Å². The lowest BCUT2D eigenvalue weighted by molar-refractivity contribution is -0.117. The lowest BCUT2D eigenvalue weighted by Crippen LogP contribution is -2.24. The lowest BCUT2D eigenvalue weighted by atomic mass is 9.86. The third kappa shape index (κ3) is 17.2. The molecule has 11 heteroatoms. The standard InChI is InChI=1S/C23H30N2O.2C22H26N2O2/c1-23(2,3)19-11-7-17(8-12-19)9-14-22(26)24-20-13-10-18-6-5-15-25(4)21(18)16-20;1-22(2,3)17-9-4-15(5-10-17)6-12-20(25)23-18-11-7-16-8-13-21(26)24-19(16)14-18;1-22(2,3)17-8-4-15(5-9-17)6-12-20(25)23-18-10-11-19-16(14-18)7-13-21(26)24-19/h7-8,10-13,16H,5-6,9,14-15H2,1-4H3,(H,24,26);4-5,7,9-11,14H,6,8,12-13H2,1-3H3,(H,23,25)(H,24,26);4-5,8-11,14H,6-7,12-13H2,1-3H3,(H,23,25)(H,24,26). The van der Waals surface area contributed by atoms with E-state index >= 15 is 0 Å². The van der Waals surface area contributed by atoms with Gasteiger partial charge in [-0.15, -0.1) is 0 Å². The summed E-state index contributed by atoms with van der Waals surface area (Å²) < 4.78 is 0. The highest BCUT2D eigenvalue weighted by molar-refractivity contribution is 5.97. The summed E-state index contributed by atoms with van der Waals surface area (Å²) in [5, 5.41) is 14.6. The van der Waals surface area contributed by atoms with Crippen molar-refractivity contribution in [3.8, 4) is 0 Å². The normalized spacial score (nSPS) is 13.8. The molecule has 0 bridgehead atoms. The topological polar surface area (TPSA) is 149 Å². The third-order valence-corrected chi connectivity index (χ3v) is 14.7. The number of nitrogens with one attached hydrogen (secondary N) is 5. The first-order valence-corrected chi connectivity index (χ1v) is 27.8. The first kappa shape index (κ1) is 58.2. The van der Waals surface area contributed by atoms with E-state index in [9.17, 15) is 24.0 Å². The Kier molecular flexibility index (Phi) is 19.2. The Bertz CT molecular complexity index is 3070. The molecule has 410 valence electrons. The van der Waals surface area contributed by atoms with Gasteiger partial charge in [-0.3, -0.25) is 24.0 Å². The molecule has 0 unspecified atom stereocenters. The van der Waals surface area contributed by atoms with Gasteiger partial charge in [-0.25, -0.2) is 0 Å². The van der Waals surface area contributed by atoms with Crippen LogP contribution in [-0.2, 0) is 78.7 Å². The molecule has 6 aromatic rings. The third-order valence-electron chi connectivity index (χ3n) is 14.7. The molecule has 0 radical (unpaired) electrons. The van der Waals surface area contributed by atoms with Crippen LogP contribution in [0, 0.1) is 0 Å². The van der Waals surface area contributed by atoms with Gasteiger partial charge in [-0.2, -0.15) is 0 Å². The fourth-order valence-electron chi connectivity index (χ4n) is 9.70. The number of carbonyl (C=O) groups excluding carboxylic acids is 5. The molecule has 6 aromatic carbocycles. The van der Waals surface area contributed by atoms with Crippen molar-refractivity contribution in [1.29, 1.82) is 0 Å². The van der Waals surface area contributed by atoms with Crippen LogP contribution >= 0.6 is 0 Å². The van der Waals surface area contributed by atoms with E-state index < -0.39 is 0 Å². The van der Waals surface area contributed by atoms with Gasteiger partial charge in [0.05, 0.1) is 0 Å². The number of hydrogen-bond donors (Lipinski definition) is 5. The number of amides is 5. The summed E-state index contributed by atoms with van der Waals surface area (Å²) in [6, 6.07) is 43.2. The van der Waals surface area contributed by atoms with Crippen LogP contribution < -0.4 is 31.5 Å². The quantitative estimate of drug-likeness (QED) is 0.0824.